The number of sulfone groups is 1. The fourth-order valence-corrected chi connectivity index (χ4v) is 3.49. The molecule has 22 heavy (non-hydrogen) atoms. The largest absolute Gasteiger partial charge is 0.379 e. The van der Waals surface area contributed by atoms with Gasteiger partial charge in [0, 0.05) is 16.8 Å². The lowest BCUT2D eigenvalue weighted by Crippen LogP contribution is -2.26. The van der Waals surface area contributed by atoms with Crippen molar-refractivity contribution in [3.05, 3.63) is 41.2 Å². The zero-order valence-corrected chi connectivity index (χ0v) is 14.4. The second kappa shape index (κ2) is 6.71. The van der Waals surface area contributed by atoms with E-state index in [1.165, 1.54) is 0 Å². The van der Waals surface area contributed by atoms with Crippen molar-refractivity contribution < 1.29 is 8.42 Å². The van der Waals surface area contributed by atoms with Gasteiger partial charge in [-0.1, -0.05) is 24.6 Å². The van der Waals surface area contributed by atoms with Crippen LogP contribution in [-0.2, 0) is 9.84 Å². The van der Waals surface area contributed by atoms with Gasteiger partial charge < -0.3 is 5.32 Å². The van der Waals surface area contributed by atoms with Crippen LogP contribution < -0.4 is 5.32 Å². The average molecular weight is 342 g/mol. The van der Waals surface area contributed by atoms with Crippen molar-refractivity contribution in [3.8, 4) is 5.69 Å². The van der Waals surface area contributed by atoms with Crippen LogP contribution in [0.2, 0.25) is 5.02 Å². The lowest BCUT2D eigenvalue weighted by atomic mass is 10.3. The number of halogens is 1. The third-order valence-corrected chi connectivity index (χ3v) is 5.53. The number of nitrogens with one attached hydrogen (secondary N) is 1. The van der Waals surface area contributed by atoms with Gasteiger partial charge in [0.15, 0.2) is 9.84 Å². The predicted octanol–water partition coefficient (Wildman–Crippen LogP) is 3.07. The van der Waals surface area contributed by atoms with Gasteiger partial charge in [-0.2, -0.15) is 5.10 Å². The first-order valence-corrected chi connectivity index (χ1v) is 9.30. The Balaban J connectivity index is 2.18. The van der Waals surface area contributed by atoms with Crippen LogP contribution in [0, 0.1) is 6.92 Å². The molecule has 0 aliphatic rings. The molecule has 0 amide bonds. The van der Waals surface area contributed by atoms with Crippen LogP contribution in [0.4, 0.5) is 5.69 Å². The van der Waals surface area contributed by atoms with E-state index in [4.69, 9.17) is 11.6 Å². The smallest absolute Gasteiger partial charge is 0.152 e. The number of hydrogen-bond acceptors (Lipinski definition) is 4. The van der Waals surface area contributed by atoms with E-state index in [9.17, 15) is 8.42 Å². The summed E-state index contributed by atoms with van der Waals surface area (Å²) in [4.78, 5) is 0. The molecular formula is C15H20ClN3O2S. The van der Waals surface area contributed by atoms with Crippen molar-refractivity contribution in [2.75, 3.05) is 16.8 Å². The minimum absolute atomic E-state index is 0.102. The molecule has 0 saturated heterocycles. The Morgan fingerprint density at radius 3 is 2.77 bits per heavy atom. The van der Waals surface area contributed by atoms with Crippen molar-refractivity contribution in [2.24, 2.45) is 0 Å². The molecule has 0 bridgehead atoms. The summed E-state index contributed by atoms with van der Waals surface area (Å²) in [5, 5.41) is 8.20. The van der Waals surface area contributed by atoms with Gasteiger partial charge in [-0.05, 0) is 32.0 Å². The molecule has 0 aliphatic heterocycles. The Kier molecular flexibility index (Phi) is 5.13. The number of hydrogen-bond donors (Lipinski definition) is 1. The highest BCUT2D eigenvalue weighted by Crippen LogP contribution is 2.21. The molecule has 1 heterocycles. The molecule has 0 spiro atoms. The van der Waals surface area contributed by atoms with Gasteiger partial charge >= 0.3 is 0 Å². The minimum Gasteiger partial charge on any atom is -0.379 e. The lowest BCUT2D eigenvalue weighted by Gasteiger charge is -2.14. The van der Waals surface area contributed by atoms with E-state index in [1.54, 1.807) is 23.9 Å². The molecule has 0 unspecified atom stereocenters. The molecular weight excluding hydrogens is 322 g/mol. The maximum atomic E-state index is 11.7. The van der Waals surface area contributed by atoms with Gasteiger partial charge in [0.05, 0.1) is 29.0 Å². The molecule has 1 atom stereocenters. The number of nitrogens with zero attached hydrogens (tertiary/aromatic N) is 2. The molecule has 7 heteroatoms. The summed E-state index contributed by atoms with van der Waals surface area (Å²) in [6, 6.07) is 7.24. The van der Waals surface area contributed by atoms with Crippen LogP contribution in [-0.4, -0.2) is 35.7 Å². The summed E-state index contributed by atoms with van der Waals surface area (Å²) in [6.07, 6.45) is 1.70. The van der Waals surface area contributed by atoms with Crippen molar-refractivity contribution >= 4 is 27.1 Å². The second-order valence-electron chi connectivity index (χ2n) is 5.28. The summed E-state index contributed by atoms with van der Waals surface area (Å²) in [5.41, 5.74) is 2.59. The predicted molar refractivity (Wildman–Crippen MR) is 90.7 cm³/mol. The van der Waals surface area contributed by atoms with E-state index in [2.05, 4.69) is 10.4 Å². The molecule has 5 nitrogen and oxygen atoms in total. The molecule has 1 N–H and O–H groups in total. The standard InChI is InChI=1S/C15H20ClN3O2S/c1-4-22(20,21)10-11(2)18-15-9-17-19(12(15)3)14-7-5-6-13(16)8-14/h5-9,11,18H,4,10H2,1-3H3/t11-/m0/s1. The Labute approximate surface area is 136 Å². The summed E-state index contributed by atoms with van der Waals surface area (Å²) in [7, 11) is -3.01. The second-order valence-corrected chi connectivity index (χ2v) is 8.11. The molecule has 0 fully saturated rings. The fraction of sp³-hybridized carbons (Fsp3) is 0.400. The molecule has 2 aromatic rings. The van der Waals surface area contributed by atoms with E-state index in [0.717, 1.165) is 17.1 Å². The normalized spacial score (nSPS) is 13.1. The van der Waals surface area contributed by atoms with Crippen LogP contribution in [0.5, 0.6) is 0 Å². The van der Waals surface area contributed by atoms with E-state index in [-0.39, 0.29) is 17.5 Å². The third kappa shape index (κ3) is 4.01. The van der Waals surface area contributed by atoms with Crippen molar-refractivity contribution in [1.82, 2.24) is 9.78 Å². The van der Waals surface area contributed by atoms with Crippen molar-refractivity contribution in [2.45, 2.75) is 26.8 Å². The highest BCUT2D eigenvalue weighted by atomic mass is 35.5. The number of anilines is 1. The van der Waals surface area contributed by atoms with Gasteiger partial charge in [0.25, 0.3) is 0 Å². The van der Waals surface area contributed by atoms with Gasteiger partial charge in [-0.15, -0.1) is 0 Å². The molecule has 120 valence electrons. The SMILES string of the molecule is CCS(=O)(=O)C[C@H](C)Nc1cnn(-c2cccc(Cl)c2)c1C. The molecule has 2 rings (SSSR count). The van der Waals surface area contributed by atoms with Gasteiger partial charge in [0.2, 0.25) is 0 Å². The van der Waals surface area contributed by atoms with E-state index >= 15 is 0 Å². The fourth-order valence-electron chi connectivity index (χ4n) is 2.23. The van der Waals surface area contributed by atoms with Crippen LogP contribution in [0.3, 0.4) is 0 Å². The average Bonchev–Trinajstić information content (AvgIpc) is 2.79. The van der Waals surface area contributed by atoms with Gasteiger partial charge in [0.1, 0.15) is 0 Å². The minimum atomic E-state index is -3.01. The quantitative estimate of drug-likeness (QED) is 0.877. The molecule has 1 aromatic carbocycles. The van der Waals surface area contributed by atoms with E-state index < -0.39 is 9.84 Å². The van der Waals surface area contributed by atoms with Gasteiger partial charge in [-0.25, -0.2) is 13.1 Å². The van der Waals surface area contributed by atoms with Crippen LogP contribution in [0.15, 0.2) is 30.5 Å². The molecule has 0 aliphatic carbocycles. The zero-order chi connectivity index (χ0) is 16.3. The highest BCUT2D eigenvalue weighted by Gasteiger charge is 2.16. The number of benzene rings is 1. The Bertz CT molecular complexity index is 756. The van der Waals surface area contributed by atoms with Crippen molar-refractivity contribution in [1.29, 1.82) is 0 Å². The first-order chi connectivity index (χ1) is 10.3. The van der Waals surface area contributed by atoms with Crippen LogP contribution >= 0.6 is 11.6 Å². The van der Waals surface area contributed by atoms with E-state index in [1.807, 2.05) is 32.0 Å². The highest BCUT2D eigenvalue weighted by molar-refractivity contribution is 7.91. The third-order valence-electron chi connectivity index (χ3n) is 3.41. The Hall–Kier alpha value is -1.53. The first kappa shape index (κ1) is 16.8. The zero-order valence-electron chi connectivity index (χ0n) is 12.9. The molecule has 1 aromatic heterocycles. The summed E-state index contributed by atoms with van der Waals surface area (Å²) < 4.78 is 25.1. The summed E-state index contributed by atoms with van der Waals surface area (Å²) in [5.74, 6) is 0.255. The molecule has 0 radical (unpaired) electrons. The lowest BCUT2D eigenvalue weighted by molar-refractivity contribution is 0.593. The Morgan fingerprint density at radius 2 is 2.14 bits per heavy atom. The first-order valence-electron chi connectivity index (χ1n) is 7.10. The number of aromatic nitrogens is 2. The summed E-state index contributed by atoms with van der Waals surface area (Å²) in [6.45, 7) is 5.44. The maximum Gasteiger partial charge on any atom is 0.152 e. The van der Waals surface area contributed by atoms with E-state index in [0.29, 0.717) is 5.02 Å². The Morgan fingerprint density at radius 1 is 1.41 bits per heavy atom. The topological polar surface area (TPSA) is 64.0 Å². The maximum absolute atomic E-state index is 11.7. The molecule has 0 saturated carbocycles. The van der Waals surface area contributed by atoms with Crippen LogP contribution in [0.25, 0.3) is 5.69 Å². The summed E-state index contributed by atoms with van der Waals surface area (Å²) >= 11 is 6.00. The van der Waals surface area contributed by atoms with Gasteiger partial charge in [-0.3, -0.25) is 0 Å². The number of rotatable bonds is 6. The monoisotopic (exact) mass is 341 g/mol. The van der Waals surface area contributed by atoms with Crippen molar-refractivity contribution in [3.63, 3.8) is 0 Å². The van der Waals surface area contributed by atoms with Crippen LogP contribution in [0.1, 0.15) is 19.5 Å².